The number of hydrogen-bond donors (Lipinski definition) is 1. The van der Waals surface area contributed by atoms with Gasteiger partial charge in [-0.2, -0.15) is 0 Å². The third kappa shape index (κ3) is 3.16. The molecule has 0 radical (unpaired) electrons. The van der Waals surface area contributed by atoms with E-state index in [4.69, 9.17) is 23.2 Å². The molecule has 2 aromatic rings. The summed E-state index contributed by atoms with van der Waals surface area (Å²) in [5.41, 5.74) is 1.09. The summed E-state index contributed by atoms with van der Waals surface area (Å²) in [6.45, 7) is 2.26. The van der Waals surface area contributed by atoms with Gasteiger partial charge in [-0.1, -0.05) is 29.3 Å². The van der Waals surface area contributed by atoms with E-state index in [2.05, 4.69) is 10.3 Å². The number of carbonyl (C=O) groups excluding carboxylic acids is 1. The molecule has 4 rings (SSSR count). The summed E-state index contributed by atoms with van der Waals surface area (Å²) in [6.07, 6.45) is 4.57. The molecule has 1 N–H and O–H groups in total. The molecule has 2 fully saturated rings. The first-order chi connectivity index (χ1) is 12.1. The van der Waals surface area contributed by atoms with Crippen molar-refractivity contribution in [3.63, 3.8) is 0 Å². The van der Waals surface area contributed by atoms with Crippen molar-refractivity contribution in [2.75, 3.05) is 19.6 Å². The van der Waals surface area contributed by atoms with Gasteiger partial charge in [0.05, 0.1) is 10.0 Å². The quantitative estimate of drug-likeness (QED) is 0.892. The van der Waals surface area contributed by atoms with E-state index in [1.54, 1.807) is 12.3 Å². The number of nitrogens with one attached hydrogen (secondary N) is 1. The number of amides is 1. The number of halogens is 2. The lowest BCUT2D eigenvalue weighted by Crippen LogP contribution is -2.50. The van der Waals surface area contributed by atoms with E-state index in [-0.39, 0.29) is 23.8 Å². The number of benzene rings is 1. The van der Waals surface area contributed by atoms with Gasteiger partial charge in [0.2, 0.25) is 5.91 Å². The Morgan fingerprint density at radius 2 is 2.16 bits per heavy atom. The summed E-state index contributed by atoms with van der Waals surface area (Å²) in [4.78, 5) is 19.5. The van der Waals surface area contributed by atoms with Gasteiger partial charge in [-0.05, 0) is 30.0 Å². The first kappa shape index (κ1) is 16.9. The number of piperazine rings is 1. The number of nitrogens with zero attached hydrogens (tertiary/aromatic N) is 3. The molecular weight excluding hydrogens is 359 g/mol. The van der Waals surface area contributed by atoms with Gasteiger partial charge in [0.25, 0.3) is 0 Å². The van der Waals surface area contributed by atoms with Crippen LogP contribution in [0, 0.1) is 5.92 Å². The second-order valence-corrected chi connectivity index (χ2v) is 7.58. The Morgan fingerprint density at radius 3 is 2.88 bits per heavy atom. The average molecular weight is 379 g/mol. The van der Waals surface area contributed by atoms with Gasteiger partial charge < -0.3 is 14.8 Å². The SMILES string of the molecule is Cn1ccnc1C1CNCCN1C(=O)C1CC1c1ccc(Cl)c(Cl)c1. The zero-order chi connectivity index (χ0) is 17.6. The van der Waals surface area contributed by atoms with Crippen LogP contribution in [0.25, 0.3) is 0 Å². The van der Waals surface area contributed by atoms with Gasteiger partial charge in [0.1, 0.15) is 11.9 Å². The fourth-order valence-corrected chi connectivity index (χ4v) is 4.00. The zero-order valence-corrected chi connectivity index (χ0v) is 15.5. The smallest absolute Gasteiger partial charge is 0.227 e. The van der Waals surface area contributed by atoms with Gasteiger partial charge in [-0.3, -0.25) is 4.79 Å². The number of imidazole rings is 1. The van der Waals surface area contributed by atoms with Crippen LogP contribution in [0.15, 0.2) is 30.6 Å². The van der Waals surface area contributed by atoms with Crippen molar-refractivity contribution < 1.29 is 4.79 Å². The highest BCUT2D eigenvalue weighted by atomic mass is 35.5. The van der Waals surface area contributed by atoms with Crippen LogP contribution in [0.3, 0.4) is 0 Å². The number of carbonyl (C=O) groups is 1. The van der Waals surface area contributed by atoms with E-state index >= 15 is 0 Å². The minimum absolute atomic E-state index is 0.0173. The molecule has 3 atom stereocenters. The zero-order valence-electron chi connectivity index (χ0n) is 14.0. The van der Waals surface area contributed by atoms with Crippen LogP contribution < -0.4 is 5.32 Å². The van der Waals surface area contributed by atoms with Gasteiger partial charge in [-0.15, -0.1) is 0 Å². The summed E-state index contributed by atoms with van der Waals surface area (Å²) >= 11 is 12.1. The van der Waals surface area contributed by atoms with Crippen molar-refractivity contribution in [3.8, 4) is 0 Å². The lowest BCUT2D eigenvalue weighted by molar-refractivity contribution is -0.136. The fraction of sp³-hybridized carbons (Fsp3) is 0.444. The van der Waals surface area contributed by atoms with Crippen LogP contribution in [0.2, 0.25) is 10.0 Å². The van der Waals surface area contributed by atoms with E-state index in [0.29, 0.717) is 16.6 Å². The van der Waals surface area contributed by atoms with Crippen LogP contribution in [-0.2, 0) is 11.8 Å². The minimum Gasteiger partial charge on any atom is -0.336 e. The maximum absolute atomic E-state index is 13.1. The maximum Gasteiger partial charge on any atom is 0.227 e. The maximum atomic E-state index is 13.1. The molecule has 1 aliphatic carbocycles. The molecule has 3 unspecified atom stereocenters. The first-order valence-corrected chi connectivity index (χ1v) is 9.25. The first-order valence-electron chi connectivity index (χ1n) is 8.49. The molecule has 0 bridgehead atoms. The molecule has 0 spiro atoms. The van der Waals surface area contributed by atoms with Crippen molar-refractivity contribution in [2.45, 2.75) is 18.4 Å². The van der Waals surface area contributed by atoms with Gasteiger partial charge >= 0.3 is 0 Å². The highest BCUT2D eigenvalue weighted by Crippen LogP contribution is 2.50. The second kappa shape index (κ2) is 6.63. The van der Waals surface area contributed by atoms with Crippen molar-refractivity contribution >= 4 is 29.1 Å². The van der Waals surface area contributed by atoms with Crippen LogP contribution >= 0.6 is 23.2 Å². The monoisotopic (exact) mass is 378 g/mol. The molecule has 1 saturated heterocycles. The molecule has 2 aliphatic rings. The van der Waals surface area contributed by atoms with Crippen LogP contribution in [-0.4, -0.2) is 40.0 Å². The molecule has 25 heavy (non-hydrogen) atoms. The Bertz CT molecular complexity index is 806. The third-order valence-corrected chi connectivity index (χ3v) is 5.90. The van der Waals surface area contributed by atoms with Crippen molar-refractivity contribution in [1.82, 2.24) is 19.8 Å². The highest BCUT2D eigenvalue weighted by molar-refractivity contribution is 6.42. The van der Waals surface area contributed by atoms with Crippen LogP contribution in [0.1, 0.15) is 29.8 Å². The molecule has 1 aromatic heterocycles. The van der Waals surface area contributed by atoms with Gasteiger partial charge in [-0.25, -0.2) is 4.98 Å². The Labute approximate surface area is 156 Å². The van der Waals surface area contributed by atoms with E-state index in [9.17, 15) is 4.79 Å². The molecule has 132 valence electrons. The Hall–Kier alpha value is -1.56. The molecule has 2 heterocycles. The Morgan fingerprint density at radius 1 is 1.32 bits per heavy atom. The molecule has 7 heteroatoms. The Balaban J connectivity index is 1.52. The largest absolute Gasteiger partial charge is 0.336 e. The number of rotatable bonds is 3. The number of aryl methyl sites for hydroxylation is 1. The summed E-state index contributed by atoms with van der Waals surface area (Å²) < 4.78 is 1.99. The summed E-state index contributed by atoms with van der Waals surface area (Å²) in [5.74, 6) is 1.40. The topological polar surface area (TPSA) is 50.2 Å². The van der Waals surface area contributed by atoms with E-state index in [1.165, 1.54) is 0 Å². The molecule has 1 aliphatic heterocycles. The number of aromatic nitrogens is 2. The van der Waals surface area contributed by atoms with Gasteiger partial charge in [0.15, 0.2) is 0 Å². The predicted molar refractivity (Wildman–Crippen MR) is 97.8 cm³/mol. The van der Waals surface area contributed by atoms with Crippen LogP contribution in [0.5, 0.6) is 0 Å². The van der Waals surface area contributed by atoms with E-state index < -0.39 is 0 Å². The lowest BCUT2D eigenvalue weighted by Gasteiger charge is -2.36. The predicted octanol–water partition coefficient (Wildman–Crippen LogP) is 3.00. The summed E-state index contributed by atoms with van der Waals surface area (Å²) in [6, 6.07) is 5.65. The van der Waals surface area contributed by atoms with E-state index in [1.807, 2.05) is 34.8 Å². The standard InChI is InChI=1S/C18H20Cl2N4O/c1-23-6-5-22-17(23)16-10-21-4-7-24(16)18(25)13-9-12(13)11-2-3-14(19)15(20)8-11/h2-3,5-6,8,12-13,16,21H,4,7,9-10H2,1H3. The average Bonchev–Trinajstić information content (AvgIpc) is 3.31. The van der Waals surface area contributed by atoms with Crippen LogP contribution in [0.4, 0.5) is 0 Å². The molecule has 1 aromatic carbocycles. The molecule has 5 nitrogen and oxygen atoms in total. The second-order valence-electron chi connectivity index (χ2n) is 6.77. The molecule has 1 amide bonds. The fourth-order valence-electron chi connectivity index (χ4n) is 3.69. The van der Waals surface area contributed by atoms with Crippen molar-refractivity contribution in [1.29, 1.82) is 0 Å². The van der Waals surface area contributed by atoms with E-state index in [0.717, 1.165) is 30.9 Å². The van der Waals surface area contributed by atoms with Crippen molar-refractivity contribution in [2.24, 2.45) is 13.0 Å². The third-order valence-electron chi connectivity index (χ3n) is 5.16. The number of hydrogen-bond acceptors (Lipinski definition) is 3. The highest BCUT2D eigenvalue weighted by Gasteiger charge is 2.47. The molecular formula is C18H20Cl2N4O. The minimum atomic E-state index is -0.0173. The summed E-state index contributed by atoms with van der Waals surface area (Å²) in [5, 5.41) is 4.47. The Kier molecular flexibility index (Phi) is 4.48. The normalized spacial score (nSPS) is 25.9. The van der Waals surface area contributed by atoms with Gasteiger partial charge in [0, 0.05) is 45.0 Å². The lowest BCUT2D eigenvalue weighted by atomic mass is 10.1. The van der Waals surface area contributed by atoms with Crippen molar-refractivity contribution in [3.05, 3.63) is 52.0 Å². The molecule has 1 saturated carbocycles. The summed E-state index contributed by atoms with van der Waals surface area (Å²) in [7, 11) is 1.97.